The fourth-order valence-electron chi connectivity index (χ4n) is 2.22. The maximum absolute atomic E-state index is 12.0. The van der Waals surface area contributed by atoms with Crippen molar-refractivity contribution >= 4 is 11.7 Å². The molecular formula is C14H22N4O. The number of hydrogen-bond acceptors (Lipinski definition) is 4. The van der Waals surface area contributed by atoms with Crippen molar-refractivity contribution in [3.63, 3.8) is 0 Å². The molecule has 2 N–H and O–H groups in total. The van der Waals surface area contributed by atoms with Crippen LogP contribution in [-0.2, 0) is 4.79 Å². The van der Waals surface area contributed by atoms with Gasteiger partial charge in [0.2, 0.25) is 0 Å². The maximum atomic E-state index is 12.0. The van der Waals surface area contributed by atoms with Crippen LogP contribution in [0.15, 0.2) is 29.2 Å². The molecule has 0 aromatic rings. The normalized spacial score (nSPS) is 18.3. The van der Waals surface area contributed by atoms with Crippen molar-refractivity contribution in [3.8, 4) is 0 Å². The number of rotatable bonds is 6. The fourth-order valence-corrected chi connectivity index (χ4v) is 2.22. The van der Waals surface area contributed by atoms with E-state index in [2.05, 4.69) is 12.0 Å². The number of unbranched alkanes of at least 4 members (excludes halogenated alkanes) is 4. The average molecular weight is 262 g/mol. The molecule has 0 aliphatic carbocycles. The van der Waals surface area contributed by atoms with Gasteiger partial charge in [0, 0.05) is 18.4 Å². The summed E-state index contributed by atoms with van der Waals surface area (Å²) in [5, 5.41) is 5.97. The minimum Gasteiger partial charge on any atom is -0.398 e. The van der Waals surface area contributed by atoms with Gasteiger partial charge in [0.15, 0.2) is 5.84 Å². The highest BCUT2D eigenvalue weighted by Gasteiger charge is 2.25. The van der Waals surface area contributed by atoms with E-state index < -0.39 is 0 Å². The molecular weight excluding hydrogens is 240 g/mol. The fraction of sp³-hybridized carbons (Fsp3) is 0.571. The number of nitrogens with two attached hydrogens (primary N) is 1. The molecule has 0 spiro atoms. The zero-order valence-electron chi connectivity index (χ0n) is 11.5. The van der Waals surface area contributed by atoms with Crippen molar-refractivity contribution < 1.29 is 4.79 Å². The van der Waals surface area contributed by atoms with Crippen molar-refractivity contribution in [2.45, 2.75) is 39.0 Å². The van der Waals surface area contributed by atoms with E-state index in [9.17, 15) is 4.79 Å². The number of fused-ring (bicyclic) bond motifs is 1. The maximum Gasteiger partial charge on any atom is 0.262 e. The largest absolute Gasteiger partial charge is 0.398 e. The lowest BCUT2D eigenvalue weighted by atomic mass is 10.1. The third-order valence-electron chi connectivity index (χ3n) is 3.31. The first-order valence-electron chi connectivity index (χ1n) is 7.01. The number of carbonyl (C=O) groups is 1. The Bertz CT molecular complexity index is 425. The topological polar surface area (TPSA) is 61.9 Å². The number of carbonyl (C=O) groups excluding carboxylic acids is 1. The third-order valence-corrected chi connectivity index (χ3v) is 3.31. The van der Waals surface area contributed by atoms with Gasteiger partial charge >= 0.3 is 0 Å². The van der Waals surface area contributed by atoms with Crippen LogP contribution in [0.4, 0.5) is 0 Å². The van der Waals surface area contributed by atoms with Crippen molar-refractivity contribution in [3.05, 3.63) is 24.0 Å². The van der Waals surface area contributed by atoms with Crippen LogP contribution in [0.2, 0.25) is 0 Å². The van der Waals surface area contributed by atoms with Crippen LogP contribution in [0.5, 0.6) is 0 Å². The van der Waals surface area contributed by atoms with E-state index in [1.807, 2.05) is 12.2 Å². The van der Waals surface area contributed by atoms with Crippen LogP contribution in [-0.4, -0.2) is 34.7 Å². The summed E-state index contributed by atoms with van der Waals surface area (Å²) in [4.78, 5) is 13.8. The van der Waals surface area contributed by atoms with Gasteiger partial charge in [-0.3, -0.25) is 4.79 Å². The Morgan fingerprint density at radius 1 is 1.26 bits per heavy atom. The molecule has 0 unspecified atom stereocenters. The van der Waals surface area contributed by atoms with Gasteiger partial charge in [-0.05, 0) is 18.6 Å². The van der Waals surface area contributed by atoms with Crippen LogP contribution >= 0.6 is 0 Å². The first kappa shape index (κ1) is 13.6. The standard InChI is InChI=1S/C14H22N4O/c1-2-3-4-5-6-9-18-14(19)11-17-10-12(15)7-8-13(17)16-18/h7-8,10H,2-6,9,11,15H2,1H3. The van der Waals surface area contributed by atoms with Crippen LogP contribution in [0.1, 0.15) is 39.0 Å². The van der Waals surface area contributed by atoms with Crippen molar-refractivity contribution in [1.82, 2.24) is 9.91 Å². The molecule has 5 nitrogen and oxygen atoms in total. The Labute approximate surface area is 114 Å². The smallest absolute Gasteiger partial charge is 0.262 e. The van der Waals surface area contributed by atoms with Gasteiger partial charge in [-0.2, -0.15) is 5.10 Å². The van der Waals surface area contributed by atoms with E-state index in [1.54, 1.807) is 16.1 Å². The highest BCUT2D eigenvalue weighted by Crippen LogP contribution is 2.14. The molecule has 5 heteroatoms. The number of hydrazone groups is 1. The van der Waals surface area contributed by atoms with Crippen molar-refractivity contribution in [2.24, 2.45) is 10.8 Å². The summed E-state index contributed by atoms with van der Waals surface area (Å²) in [6.07, 6.45) is 11.3. The molecule has 0 atom stereocenters. The van der Waals surface area contributed by atoms with Crippen molar-refractivity contribution in [2.75, 3.05) is 13.1 Å². The Morgan fingerprint density at radius 3 is 2.84 bits per heavy atom. The Morgan fingerprint density at radius 2 is 2.05 bits per heavy atom. The van der Waals surface area contributed by atoms with E-state index in [4.69, 9.17) is 5.73 Å². The molecule has 0 fully saturated rings. The summed E-state index contributed by atoms with van der Waals surface area (Å²) in [5.41, 5.74) is 6.35. The molecule has 1 amide bonds. The number of hydrogen-bond donors (Lipinski definition) is 1. The quantitative estimate of drug-likeness (QED) is 0.742. The molecule has 0 bridgehead atoms. The molecule has 2 rings (SSSR count). The summed E-state index contributed by atoms with van der Waals surface area (Å²) in [7, 11) is 0. The van der Waals surface area contributed by atoms with E-state index in [-0.39, 0.29) is 5.91 Å². The Hall–Kier alpha value is -1.78. The molecule has 0 aromatic carbocycles. The molecule has 2 heterocycles. The zero-order chi connectivity index (χ0) is 13.7. The molecule has 104 valence electrons. The summed E-state index contributed by atoms with van der Waals surface area (Å²) in [6.45, 7) is 3.25. The molecule has 0 saturated carbocycles. The monoisotopic (exact) mass is 262 g/mol. The first-order chi connectivity index (χ1) is 9.20. The van der Waals surface area contributed by atoms with Gasteiger partial charge in [0.05, 0.1) is 0 Å². The van der Waals surface area contributed by atoms with E-state index in [1.165, 1.54) is 19.3 Å². The van der Waals surface area contributed by atoms with Gasteiger partial charge in [-0.1, -0.05) is 32.6 Å². The lowest BCUT2D eigenvalue weighted by molar-refractivity contribution is -0.132. The molecule has 0 radical (unpaired) electrons. The second-order valence-corrected chi connectivity index (χ2v) is 4.98. The number of allylic oxidation sites excluding steroid dienone is 1. The number of amides is 1. The summed E-state index contributed by atoms with van der Waals surface area (Å²) < 4.78 is 0. The minimum absolute atomic E-state index is 0.0404. The van der Waals surface area contributed by atoms with Gasteiger partial charge in [-0.25, -0.2) is 5.01 Å². The highest BCUT2D eigenvalue weighted by molar-refractivity contribution is 6.00. The predicted molar refractivity (Wildman–Crippen MR) is 76.0 cm³/mol. The Kier molecular flexibility index (Phi) is 4.60. The van der Waals surface area contributed by atoms with Crippen molar-refractivity contribution in [1.29, 1.82) is 0 Å². The second kappa shape index (κ2) is 6.41. The lowest BCUT2D eigenvalue weighted by Gasteiger charge is -2.31. The summed E-state index contributed by atoms with van der Waals surface area (Å²) in [5.74, 6) is 0.834. The highest BCUT2D eigenvalue weighted by atomic mass is 16.2. The van der Waals surface area contributed by atoms with Crippen LogP contribution in [0.25, 0.3) is 0 Å². The lowest BCUT2D eigenvalue weighted by Crippen LogP contribution is -2.45. The third kappa shape index (κ3) is 3.59. The number of amidine groups is 1. The van der Waals surface area contributed by atoms with Crippen LogP contribution < -0.4 is 5.73 Å². The molecule has 2 aliphatic rings. The van der Waals surface area contributed by atoms with Gasteiger partial charge < -0.3 is 10.6 Å². The van der Waals surface area contributed by atoms with Gasteiger partial charge in [0.1, 0.15) is 6.54 Å². The molecule has 0 saturated heterocycles. The predicted octanol–water partition coefficient (Wildman–Crippen LogP) is 1.78. The zero-order valence-corrected chi connectivity index (χ0v) is 11.5. The summed E-state index contributed by atoms with van der Waals surface area (Å²) >= 11 is 0. The minimum atomic E-state index is 0.0404. The van der Waals surface area contributed by atoms with Crippen LogP contribution in [0.3, 0.4) is 0 Å². The average Bonchev–Trinajstić information content (AvgIpc) is 2.39. The molecule has 0 aromatic heterocycles. The van der Waals surface area contributed by atoms with E-state index >= 15 is 0 Å². The first-order valence-corrected chi connectivity index (χ1v) is 7.01. The second-order valence-electron chi connectivity index (χ2n) is 4.98. The van der Waals surface area contributed by atoms with E-state index in [0.717, 1.165) is 18.7 Å². The number of nitrogens with zero attached hydrogens (tertiary/aromatic N) is 3. The van der Waals surface area contributed by atoms with Gasteiger partial charge in [0.25, 0.3) is 5.91 Å². The SMILES string of the molecule is CCCCCCCN1N=C2C=CC(N)=CN2CC1=O. The Balaban J connectivity index is 1.87. The molecule has 19 heavy (non-hydrogen) atoms. The van der Waals surface area contributed by atoms with Crippen LogP contribution in [0, 0.1) is 0 Å². The van der Waals surface area contributed by atoms with E-state index in [0.29, 0.717) is 18.8 Å². The summed E-state index contributed by atoms with van der Waals surface area (Å²) in [6, 6.07) is 0. The molecule has 2 aliphatic heterocycles. The van der Waals surface area contributed by atoms with Gasteiger partial charge in [-0.15, -0.1) is 0 Å².